The normalized spacial score (nSPS) is 13.7. The molecule has 1 rings (SSSR count). The van der Waals surface area contributed by atoms with Gasteiger partial charge in [-0.05, 0) is 18.4 Å². The average molecular weight is 263 g/mol. The number of amides is 3. The highest BCUT2D eigenvalue weighted by atomic mass is 16.2. The fourth-order valence-corrected chi connectivity index (χ4v) is 1.82. The van der Waals surface area contributed by atoms with Gasteiger partial charge in [0.25, 0.3) is 0 Å². The van der Waals surface area contributed by atoms with Crippen LogP contribution in [0.2, 0.25) is 0 Å². The molecule has 0 bridgehead atoms. The van der Waals surface area contributed by atoms with E-state index in [0.717, 1.165) is 5.56 Å². The van der Waals surface area contributed by atoms with Crippen molar-refractivity contribution in [2.24, 2.45) is 11.7 Å². The van der Waals surface area contributed by atoms with Gasteiger partial charge in [0.05, 0.1) is 6.04 Å². The first-order valence-corrected chi connectivity index (χ1v) is 6.33. The van der Waals surface area contributed by atoms with E-state index in [-0.39, 0.29) is 17.9 Å². The van der Waals surface area contributed by atoms with E-state index in [1.807, 2.05) is 51.1 Å². The number of nitrogens with one attached hydrogen (secondary N) is 2. The molecule has 0 aromatic heterocycles. The molecular formula is C14H21N3O2. The van der Waals surface area contributed by atoms with Crippen LogP contribution in [-0.4, -0.2) is 18.0 Å². The number of carbonyl (C=O) groups is 2. The van der Waals surface area contributed by atoms with Crippen molar-refractivity contribution < 1.29 is 9.59 Å². The third kappa shape index (κ3) is 4.62. The van der Waals surface area contributed by atoms with Crippen LogP contribution in [0.4, 0.5) is 4.79 Å². The van der Waals surface area contributed by atoms with Crippen molar-refractivity contribution in [1.82, 2.24) is 10.6 Å². The van der Waals surface area contributed by atoms with Gasteiger partial charge in [0.2, 0.25) is 5.91 Å². The minimum Gasteiger partial charge on any atom is -0.352 e. The monoisotopic (exact) mass is 263 g/mol. The van der Waals surface area contributed by atoms with Crippen LogP contribution < -0.4 is 16.4 Å². The van der Waals surface area contributed by atoms with Gasteiger partial charge >= 0.3 is 6.03 Å². The molecule has 0 heterocycles. The molecule has 0 radical (unpaired) electrons. The number of primary amides is 1. The second kappa shape index (κ2) is 6.78. The average Bonchev–Trinajstić information content (AvgIpc) is 2.36. The van der Waals surface area contributed by atoms with Crippen molar-refractivity contribution in [2.75, 3.05) is 0 Å². The number of hydrogen-bond donors (Lipinski definition) is 3. The summed E-state index contributed by atoms with van der Waals surface area (Å²) in [6, 6.07) is 8.20. The smallest absolute Gasteiger partial charge is 0.312 e. The van der Waals surface area contributed by atoms with E-state index < -0.39 is 12.1 Å². The van der Waals surface area contributed by atoms with Crippen LogP contribution in [0.25, 0.3) is 0 Å². The minimum atomic E-state index is -0.693. The molecule has 0 aliphatic carbocycles. The number of benzene rings is 1. The third-order valence-corrected chi connectivity index (χ3v) is 2.91. The Morgan fingerprint density at radius 3 is 2.11 bits per heavy atom. The summed E-state index contributed by atoms with van der Waals surface area (Å²) in [6.45, 7) is 5.61. The highest BCUT2D eigenvalue weighted by molar-refractivity contribution is 5.87. The van der Waals surface area contributed by atoms with Crippen LogP contribution in [0.15, 0.2) is 30.3 Å². The van der Waals surface area contributed by atoms with Crippen LogP contribution in [-0.2, 0) is 4.79 Å². The zero-order valence-electron chi connectivity index (χ0n) is 11.5. The lowest BCUT2D eigenvalue weighted by molar-refractivity contribution is -0.124. The maximum absolute atomic E-state index is 12.1. The Morgan fingerprint density at radius 1 is 1.05 bits per heavy atom. The zero-order valence-corrected chi connectivity index (χ0v) is 11.5. The Hall–Kier alpha value is -2.04. The summed E-state index contributed by atoms with van der Waals surface area (Å²) in [5, 5.41) is 5.34. The number of hydrogen-bond acceptors (Lipinski definition) is 2. The summed E-state index contributed by atoms with van der Waals surface area (Å²) in [5.74, 6) is -0.263. The zero-order chi connectivity index (χ0) is 14.4. The van der Waals surface area contributed by atoms with Gasteiger partial charge in [-0.2, -0.15) is 0 Å². The summed E-state index contributed by atoms with van der Waals surface area (Å²) < 4.78 is 0. The number of carbonyl (C=O) groups excluding carboxylic acids is 2. The van der Waals surface area contributed by atoms with E-state index in [1.165, 1.54) is 0 Å². The lowest BCUT2D eigenvalue weighted by Crippen LogP contribution is -2.51. The molecule has 1 aromatic carbocycles. The highest BCUT2D eigenvalue weighted by Gasteiger charge is 2.24. The molecule has 0 fully saturated rings. The third-order valence-electron chi connectivity index (χ3n) is 2.91. The van der Waals surface area contributed by atoms with Crippen molar-refractivity contribution in [3.8, 4) is 0 Å². The van der Waals surface area contributed by atoms with E-state index in [0.29, 0.717) is 0 Å². The Labute approximate surface area is 113 Å². The van der Waals surface area contributed by atoms with Gasteiger partial charge in [-0.25, -0.2) is 4.79 Å². The first-order chi connectivity index (χ1) is 8.91. The molecule has 1 aromatic rings. The fourth-order valence-electron chi connectivity index (χ4n) is 1.82. The van der Waals surface area contributed by atoms with Crippen molar-refractivity contribution in [2.45, 2.75) is 32.9 Å². The second-order valence-corrected chi connectivity index (χ2v) is 4.87. The Balaban J connectivity index is 2.69. The molecule has 0 saturated heterocycles. The maximum Gasteiger partial charge on any atom is 0.312 e. The quantitative estimate of drug-likeness (QED) is 0.753. The van der Waals surface area contributed by atoms with Gasteiger partial charge in [0.15, 0.2) is 0 Å². The Kier molecular flexibility index (Phi) is 5.36. The molecule has 0 spiro atoms. The molecule has 19 heavy (non-hydrogen) atoms. The summed E-state index contributed by atoms with van der Waals surface area (Å²) in [4.78, 5) is 23.0. The van der Waals surface area contributed by atoms with Crippen LogP contribution in [0.3, 0.4) is 0 Å². The van der Waals surface area contributed by atoms with E-state index in [2.05, 4.69) is 10.6 Å². The topological polar surface area (TPSA) is 84.2 Å². The van der Waals surface area contributed by atoms with Crippen LogP contribution in [0.5, 0.6) is 0 Å². The summed E-state index contributed by atoms with van der Waals surface area (Å²) in [5.41, 5.74) is 6.09. The predicted molar refractivity (Wildman–Crippen MR) is 74.3 cm³/mol. The SMILES string of the molecule is CC(NC(=O)C(NC(N)=O)C(C)C)c1ccccc1. The molecule has 2 unspecified atom stereocenters. The summed E-state index contributed by atoms with van der Waals surface area (Å²) in [6.07, 6.45) is 0. The van der Waals surface area contributed by atoms with Crippen molar-refractivity contribution in [3.63, 3.8) is 0 Å². The predicted octanol–water partition coefficient (Wildman–Crippen LogP) is 1.56. The van der Waals surface area contributed by atoms with Crippen molar-refractivity contribution in [3.05, 3.63) is 35.9 Å². The molecule has 5 nitrogen and oxygen atoms in total. The first-order valence-electron chi connectivity index (χ1n) is 6.33. The molecule has 2 atom stereocenters. The van der Waals surface area contributed by atoms with Gasteiger partial charge in [-0.3, -0.25) is 4.79 Å². The molecule has 0 aliphatic heterocycles. The van der Waals surface area contributed by atoms with E-state index >= 15 is 0 Å². The standard InChI is InChI=1S/C14H21N3O2/c1-9(2)12(17-14(15)19)13(18)16-10(3)11-7-5-4-6-8-11/h4-10,12H,1-3H3,(H,16,18)(H3,15,17,19). The van der Waals surface area contributed by atoms with E-state index in [4.69, 9.17) is 5.73 Å². The van der Waals surface area contributed by atoms with Gasteiger partial charge in [-0.1, -0.05) is 44.2 Å². The first kappa shape index (κ1) is 15.0. The number of nitrogens with two attached hydrogens (primary N) is 1. The number of rotatable bonds is 5. The molecule has 104 valence electrons. The highest BCUT2D eigenvalue weighted by Crippen LogP contribution is 2.12. The molecule has 0 aliphatic rings. The Bertz CT molecular complexity index is 432. The van der Waals surface area contributed by atoms with Crippen molar-refractivity contribution in [1.29, 1.82) is 0 Å². The van der Waals surface area contributed by atoms with Crippen LogP contribution in [0.1, 0.15) is 32.4 Å². The fraction of sp³-hybridized carbons (Fsp3) is 0.429. The van der Waals surface area contributed by atoms with E-state index in [9.17, 15) is 9.59 Å². The summed E-state index contributed by atoms with van der Waals surface area (Å²) in [7, 11) is 0. The largest absolute Gasteiger partial charge is 0.352 e. The van der Waals surface area contributed by atoms with Crippen LogP contribution >= 0.6 is 0 Å². The lowest BCUT2D eigenvalue weighted by atomic mass is 10.0. The van der Waals surface area contributed by atoms with Crippen molar-refractivity contribution >= 4 is 11.9 Å². The van der Waals surface area contributed by atoms with Gasteiger partial charge in [0, 0.05) is 0 Å². The number of urea groups is 1. The van der Waals surface area contributed by atoms with Gasteiger partial charge in [0.1, 0.15) is 6.04 Å². The summed E-state index contributed by atoms with van der Waals surface area (Å²) >= 11 is 0. The minimum absolute atomic E-state index is 0.0320. The lowest BCUT2D eigenvalue weighted by Gasteiger charge is -2.23. The van der Waals surface area contributed by atoms with Gasteiger partial charge in [-0.15, -0.1) is 0 Å². The maximum atomic E-state index is 12.1. The molecular weight excluding hydrogens is 242 g/mol. The Morgan fingerprint density at radius 2 is 1.63 bits per heavy atom. The molecule has 3 amide bonds. The van der Waals surface area contributed by atoms with Gasteiger partial charge < -0.3 is 16.4 Å². The molecule has 5 heteroatoms. The van der Waals surface area contributed by atoms with E-state index in [1.54, 1.807) is 0 Å². The second-order valence-electron chi connectivity index (χ2n) is 4.87. The molecule has 4 N–H and O–H groups in total. The van der Waals surface area contributed by atoms with Crippen LogP contribution in [0, 0.1) is 5.92 Å². The molecule has 0 saturated carbocycles.